The van der Waals surface area contributed by atoms with Gasteiger partial charge in [-0.25, -0.2) is 9.97 Å². The van der Waals surface area contributed by atoms with E-state index in [1.165, 1.54) is 5.56 Å². The summed E-state index contributed by atoms with van der Waals surface area (Å²) in [5.41, 5.74) is 3.70. The van der Waals surface area contributed by atoms with E-state index in [0.29, 0.717) is 17.5 Å². The molecule has 0 amide bonds. The average molecular weight is 370 g/mol. The Hall–Kier alpha value is -2.43. The summed E-state index contributed by atoms with van der Waals surface area (Å²) in [5.74, 6) is 0.682. The molecule has 0 saturated heterocycles. The molecule has 0 saturated carbocycles. The van der Waals surface area contributed by atoms with Crippen LogP contribution >= 0.6 is 0 Å². The number of hydrogen-bond acceptors (Lipinski definition) is 5. The highest BCUT2D eigenvalue weighted by Crippen LogP contribution is 2.22. The first-order valence-electron chi connectivity index (χ1n) is 9.33. The Morgan fingerprint density at radius 3 is 2.37 bits per heavy atom. The minimum absolute atomic E-state index is 0.0970. The number of hydrogen-bond donors (Lipinski definition) is 0. The maximum Gasteiger partial charge on any atom is 0.310 e. The molecule has 0 unspecified atom stereocenters. The van der Waals surface area contributed by atoms with Crippen LogP contribution in [-0.4, -0.2) is 23.0 Å². The first-order valence-corrected chi connectivity index (χ1v) is 9.33. The number of carbonyl (C=O) groups excluding carboxylic acids is 1. The van der Waals surface area contributed by atoms with Gasteiger partial charge in [0.2, 0.25) is 5.88 Å². The quantitative estimate of drug-likeness (QED) is 0.681. The van der Waals surface area contributed by atoms with Crippen molar-refractivity contribution in [3.63, 3.8) is 0 Å². The molecule has 0 radical (unpaired) electrons. The number of esters is 1. The van der Waals surface area contributed by atoms with Crippen LogP contribution in [0.1, 0.15) is 57.1 Å². The summed E-state index contributed by atoms with van der Waals surface area (Å²) in [7, 11) is 1.58. The van der Waals surface area contributed by atoms with Gasteiger partial charge in [-0.1, -0.05) is 58.9 Å². The summed E-state index contributed by atoms with van der Waals surface area (Å²) >= 11 is 0. The number of carbonyl (C=O) groups is 1. The zero-order valence-corrected chi connectivity index (χ0v) is 17.2. The SMILES string of the molecule is COc1ncc(COC(=O)Cc2ccc(C(C)(C)C)cc2)nc1CC(C)C. The molecule has 5 heteroatoms. The second-order valence-corrected chi connectivity index (χ2v) is 8.20. The van der Waals surface area contributed by atoms with Gasteiger partial charge >= 0.3 is 5.97 Å². The third-order valence-corrected chi connectivity index (χ3v) is 4.20. The normalized spacial score (nSPS) is 11.5. The largest absolute Gasteiger partial charge is 0.480 e. The number of nitrogens with zero attached hydrogens (tertiary/aromatic N) is 2. The number of rotatable bonds is 7. The number of ether oxygens (including phenoxy) is 2. The number of benzene rings is 1. The summed E-state index contributed by atoms with van der Waals surface area (Å²) in [6, 6.07) is 8.09. The second-order valence-electron chi connectivity index (χ2n) is 8.20. The summed E-state index contributed by atoms with van der Waals surface area (Å²) < 4.78 is 10.6. The molecule has 1 heterocycles. The first kappa shape index (κ1) is 20.9. The van der Waals surface area contributed by atoms with Gasteiger partial charge in [0.05, 0.1) is 25.4 Å². The molecule has 27 heavy (non-hydrogen) atoms. The van der Waals surface area contributed by atoms with Gasteiger partial charge < -0.3 is 9.47 Å². The molecule has 0 fully saturated rings. The fourth-order valence-electron chi connectivity index (χ4n) is 2.71. The van der Waals surface area contributed by atoms with Crippen molar-refractivity contribution in [2.24, 2.45) is 5.92 Å². The zero-order chi connectivity index (χ0) is 20.0. The summed E-state index contributed by atoms with van der Waals surface area (Å²) in [6.07, 6.45) is 2.60. The minimum atomic E-state index is -0.276. The van der Waals surface area contributed by atoms with E-state index in [2.05, 4.69) is 56.7 Å². The molecule has 1 aromatic carbocycles. The van der Waals surface area contributed by atoms with Gasteiger partial charge in [0.25, 0.3) is 0 Å². The Morgan fingerprint density at radius 1 is 1.15 bits per heavy atom. The van der Waals surface area contributed by atoms with E-state index in [-0.39, 0.29) is 24.4 Å². The highest BCUT2D eigenvalue weighted by molar-refractivity contribution is 5.72. The van der Waals surface area contributed by atoms with Gasteiger partial charge in [-0.15, -0.1) is 0 Å². The van der Waals surface area contributed by atoms with Crippen LogP contribution in [0.2, 0.25) is 0 Å². The summed E-state index contributed by atoms with van der Waals surface area (Å²) in [5, 5.41) is 0. The van der Waals surface area contributed by atoms with Crippen LogP contribution in [0.3, 0.4) is 0 Å². The molecule has 0 atom stereocenters. The smallest absolute Gasteiger partial charge is 0.310 e. The van der Waals surface area contributed by atoms with Gasteiger partial charge in [0.15, 0.2) is 0 Å². The molecular weight excluding hydrogens is 340 g/mol. The Labute approximate surface area is 162 Å². The molecule has 0 N–H and O–H groups in total. The monoisotopic (exact) mass is 370 g/mol. The van der Waals surface area contributed by atoms with E-state index in [1.807, 2.05) is 12.1 Å². The van der Waals surface area contributed by atoms with Crippen molar-refractivity contribution < 1.29 is 14.3 Å². The predicted octanol–water partition coefficient (Wildman–Crippen LogP) is 4.27. The Balaban J connectivity index is 1.95. The lowest BCUT2D eigenvalue weighted by Gasteiger charge is -2.19. The highest BCUT2D eigenvalue weighted by atomic mass is 16.5. The molecule has 0 spiro atoms. The lowest BCUT2D eigenvalue weighted by Crippen LogP contribution is -2.12. The maximum absolute atomic E-state index is 12.2. The van der Waals surface area contributed by atoms with E-state index in [4.69, 9.17) is 9.47 Å². The Kier molecular flexibility index (Phi) is 6.94. The van der Waals surface area contributed by atoms with Crippen LogP contribution in [0.4, 0.5) is 0 Å². The molecule has 1 aromatic heterocycles. The predicted molar refractivity (Wildman–Crippen MR) is 106 cm³/mol. The molecule has 0 aliphatic rings. The van der Waals surface area contributed by atoms with Crippen LogP contribution in [-0.2, 0) is 34.4 Å². The van der Waals surface area contributed by atoms with Crippen molar-refractivity contribution in [1.29, 1.82) is 0 Å². The fraction of sp³-hybridized carbons (Fsp3) is 0.500. The molecule has 0 bridgehead atoms. The molecule has 0 aliphatic heterocycles. The molecule has 0 aliphatic carbocycles. The zero-order valence-electron chi connectivity index (χ0n) is 17.2. The molecule has 146 valence electrons. The molecule has 2 rings (SSSR count). The van der Waals surface area contributed by atoms with Gasteiger partial charge in [0, 0.05) is 0 Å². The summed E-state index contributed by atoms with van der Waals surface area (Å²) in [6.45, 7) is 10.8. The molecular formula is C22H30N2O3. The second kappa shape index (κ2) is 8.98. The van der Waals surface area contributed by atoms with E-state index in [1.54, 1.807) is 13.3 Å². The molecule has 5 nitrogen and oxygen atoms in total. The van der Waals surface area contributed by atoms with Crippen LogP contribution in [0.15, 0.2) is 30.5 Å². The summed E-state index contributed by atoms with van der Waals surface area (Å²) in [4.78, 5) is 21.0. The third-order valence-electron chi connectivity index (χ3n) is 4.20. The van der Waals surface area contributed by atoms with Crippen molar-refractivity contribution in [3.05, 3.63) is 53.0 Å². The van der Waals surface area contributed by atoms with E-state index in [0.717, 1.165) is 17.7 Å². The van der Waals surface area contributed by atoms with Crippen LogP contribution in [0.25, 0.3) is 0 Å². The van der Waals surface area contributed by atoms with Crippen LogP contribution < -0.4 is 4.74 Å². The van der Waals surface area contributed by atoms with Crippen molar-refractivity contribution in [1.82, 2.24) is 9.97 Å². The fourth-order valence-corrected chi connectivity index (χ4v) is 2.71. The van der Waals surface area contributed by atoms with Gasteiger partial charge in [-0.05, 0) is 28.9 Å². The van der Waals surface area contributed by atoms with Crippen molar-refractivity contribution in [2.75, 3.05) is 7.11 Å². The van der Waals surface area contributed by atoms with E-state index in [9.17, 15) is 4.79 Å². The van der Waals surface area contributed by atoms with Crippen LogP contribution in [0, 0.1) is 5.92 Å². The lowest BCUT2D eigenvalue weighted by molar-refractivity contribution is -0.144. The van der Waals surface area contributed by atoms with Crippen molar-refractivity contribution in [2.45, 2.75) is 59.5 Å². The average Bonchev–Trinajstić information content (AvgIpc) is 2.59. The van der Waals surface area contributed by atoms with Gasteiger partial charge in [0.1, 0.15) is 12.3 Å². The van der Waals surface area contributed by atoms with E-state index >= 15 is 0 Å². The lowest BCUT2D eigenvalue weighted by atomic mass is 9.86. The number of methoxy groups -OCH3 is 1. The standard InChI is InChI=1S/C22H30N2O3/c1-15(2)11-19-21(26-6)23-13-18(24-19)14-27-20(25)12-16-7-9-17(10-8-16)22(3,4)5/h7-10,13,15H,11-12,14H2,1-6H3. The van der Waals surface area contributed by atoms with Crippen LogP contribution in [0.5, 0.6) is 5.88 Å². The van der Waals surface area contributed by atoms with Gasteiger partial charge in [-0.3, -0.25) is 4.79 Å². The Morgan fingerprint density at radius 2 is 1.81 bits per heavy atom. The van der Waals surface area contributed by atoms with E-state index < -0.39 is 0 Å². The highest BCUT2D eigenvalue weighted by Gasteiger charge is 2.14. The maximum atomic E-state index is 12.2. The van der Waals surface area contributed by atoms with Gasteiger partial charge in [-0.2, -0.15) is 0 Å². The minimum Gasteiger partial charge on any atom is -0.480 e. The number of aromatic nitrogens is 2. The molecule has 2 aromatic rings. The third kappa shape index (κ3) is 6.35. The Bertz CT molecular complexity index is 762. The topological polar surface area (TPSA) is 61.3 Å². The van der Waals surface area contributed by atoms with Crippen molar-refractivity contribution >= 4 is 5.97 Å². The van der Waals surface area contributed by atoms with Crippen molar-refractivity contribution in [3.8, 4) is 5.88 Å². The first-order chi connectivity index (χ1) is 12.7.